The molecule has 0 saturated carbocycles. The van der Waals surface area contributed by atoms with Gasteiger partial charge in [-0.1, -0.05) is 0 Å². The lowest BCUT2D eigenvalue weighted by molar-refractivity contribution is 0.602. The van der Waals surface area contributed by atoms with Crippen LogP contribution in [0.4, 0.5) is 5.82 Å². The van der Waals surface area contributed by atoms with E-state index < -0.39 is 0 Å². The summed E-state index contributed by atoms with van der Waals surface area (Å²) in [5, 5.41) is 18.1. The Balaban J connectivity index is 1.59. The molecular formula is C21H21N9. The molecule has 5 rings (SSSR count). The number of nitrogens with two attached hydrogens (primary N) is 1. The smallest absolute Gasteiger partial charge is 0.128 e. The van der Waals surface area contributed by atoms with E-state index in [0.717, 1.165) is 42.1 Å². The van der Waals surface area contributed by atoms with Gasteiger partial charge in [0.25, 0.3) is 0 Å². The summed E-state index contributed by atoms with van der Waals surface area (Å²) in [6.07, 6.45) is 9.94. The molecule has 1 fully saturated rings. The molecule has 0 unspecified atom stereocenters. The van der Waals surface area contributed by atoms with Crippen LogP contribution >= 0.6 is 0 Å². The molecule has 0 amide bonds. The van der Waals surface area contributed by atoms with Crippen LogP contribution < -0.4 is 10.6 Å². The van der Waals surface area contributed by atoms with Crippen molar-refractivity contribution in [2.24, 2.45) is 18.7 Å². The number of rotatable bonds is 4. The van der Waals surface area contributed by atoms with Gasteiger partial charge in [0.15, 0.2) is 0 Å². The number of hydrogen-bond donors (Lipinski definition) is 1. The Labute approximate surface area is 173 Å². The van der Waals surface area contributed by atoms with Crippen molar-refractivity contribution in [2.75, 3.05) is 24.5 Å². The Bertz CT molecular complexity index is 1250. The number of fused-ring (bicyclic) bond motifs is 1. The normalized spacial score (nSPS) is 16.3. The summed E-state index contributed by atoms with van der Waals surface area (Å²) in [4.78, 5) is 11.8. The molecule has 4 aromatic rings. The first kappa shape index (κ1) is 18.3. The van der Waals surface area contributed by atoms with Gasteiger partial charge in [-0.15, -0.1) is 0 Å². The van der Waals surface area contributed by atoms with E-state index in [1.807, 2.05) is 37.8 Å². The van der Waals surface area contributed by atoms with Gasteiger partial charge in [0.2, 0.25) is 0 Å². The lowest BCUT2D eigenvalue weighted by atomic mass is 10.1. The van der Waals surface area contributed by atoms with Crippen LogP contribution in [-0.2, 0) is 7.05 Å². The summed E-state index contributed by atoms with van der Waals surface area (Å²) in [5.74, 6) is 1.46. The average molecular weight is 399 g/mol. The second-order valence-electron chi connectivity index (χ2n) is 7.58. The summed E-state index contributed by atoms with van der Waals surface area (Å²) in [6, 6.07) is 6.22. The molecule has 0 aromatic carbocycles. The van der Waals surface area contributed by atoms with E-state index in [0.29, 0.717) is 29.2 Å². The quantitative estimate of drug-likeness (QED) is 0.557. The van der Waals surface area contributed by atoms with E-state index in [9.17, 15) is 5.26 Å². The van der Waals surface area contributed by atoms with Gasteiger partial charge in [-0.2, -0.15) is 15.5 Å². The number of hydrogen-bond acceptors (Lipinski definition) is 7. The molecule has 5 heterocycles. The minimum Gasteiger partial charge on any atom is -0.356 e. The lowest BCUT2D eigenvalue weighted by Gasteiger charge is -2.17. The topological polar surface area (TPSA) is 114 Å². The molecular weight excluding hydrogens is 378 g/mol. The van der Waals surface area contributed by atoms with Gasteiger partial charge in [0.1, 0.15) is 23.0 Å². The van der Waals surface area contributed by atoms with Crippen LogP contribution in [0.3, 0.4) is 0 Å². The minimum atomic E-state index is 0.477. The van der Waals surface area contributed by atoms with Crippen molar-refractivity contribution in [3.63, 3.8) is 0 Å². The van der Waals surface area contributed by atoms with Crippen LogP contribution in [0.1, 0.15) is 12.0 Å². The van der Waals surface area contributed by atoms with Crippen LogP contribution in [0.5, 0.6) is 0 Å². The monoisotopic (exact) mass is 399 g/mol. The minimum absolute atomic E-state index is 0.477. The van der Waals surface area contributed by atoms with Gasteiger partial charge in [-0.25, -0.2) is 14.5 Å². The maximum absolute atomic E-state index is 9.54. The van der Waals surface area contributed by atoms with Gasteiger partial charge in [-0.05, 0) is 31.0 Å². The first-order chi connectivity index (χ1) is 14.7. The Morgan fingerprint density at radius 3 is 2.73 bits per heavy atom. The Hall–Kier alpha value is -3.77. The Kier molecular flexibility index (Phi) is 4.41. The van der Waals surface area contributed by atoms with Crippen molar-refractivity contribution in [1.82, 2.24) is 29.4 Å². The van der Waals surface area contributed by atoms with Gasteiger partial charge in [0.05, 0.1) is 30.0 Å². The fraction of sp³-hybridized carbons (Fsp3) is 0.286. The third kappa shape index (κ3) is 3.07. The van der Waals surface area contributed by atoms with Crippen LogP contribution in [0.25, 0.3) is 28.0 Å². The SMILES string of the molecule is Cn1cc(-c2cn3ncc(C#N)c3c(-c3ccc(N4CC[C@H](CN)C4)nc3)n2)cn1. The molecule has 0 radical (unpaired) electrons. The number of aryl methyl sites for hydroxylation is 1. The van der Waals surface area contributed by atoms with E-state index in [-0.39, 0.29) is 0 Å². The number of nitrogens with zero attached hydrogens (tertiary/aromatic N) is 8. The predicted molar refractivity (Wildman–Crippen MR) is 113 cm³/mol. The second kappa shape index (κ2) is 7.24. The van der Waals surface area contributed by atoms with E-state index >= 15 is 0 Å². The zero-order chi connectivity index (χ0) is 20.7. The van der Waals surface area contributed by atoms with Crippen molar-refractivity contribution in [3.8, 4) is 28.6 Å². The van der Waals surface area contributed by atoms with Crippen LogP contribution in [0, 0.1) is 17.2 Å². The Morgan fingerprint density at radius 1 is 1.17 bits per heavy atom. The van der Waals surface area contributed by atoms with Gasteiger partial charge in [-0.3, -0.25) is 4.68 Å². The van der Waals surface area contributed by atoms with Crippen LogP contribution in [0.15, 0.2) is 43.1 Å². The van der Waals surface area contributed by atoms with E-state index in [1.54, 1.807) is 21.6 Å². The van der Waals surface area contributed by atoms with Crippen LogP contribution in [-0.4, -0.2) is 49.0 Å². The zero-order valence-corrected chi connectivity index (χ0v) is 16.6. The van der Waals surface area contributed by atoms with Gasteiger partial charge >= 0.3 is 0 Å². The molecule has 9 heteroatoms. The molecule has 1 saturated heterocycles. The lowest BCUT2D eigenvalue weighted by Crippen LogP contribution is -2.23. The highest BCUT2D eigenvalue weighted by molar-refractivity contribution is 5.83. The molecule has 150 valence electrons. The second-order valence-corrected chi connectivity index (χ2v) is 7.58. The third-order valence-electron chi connectivity index (χ3n) is 5.58. The molecule has 2 N–H and O–H groups in total. The summed E-state index contributed by atoms with van der Waals surface area (Å²) in [5.41, 5.74) is 10.1. The zero-order valence-electron chi connectivity index (χ0n) is 16.6. The highest BCUT2D eigenvalue weighted by Crippen LogP contribution is 2.30. The standard InChI is InChI=1S/C21H21N9/c1-28-12-17(10-25-28)18-13-30-21(16(7-23)9-26-30)20(27-18)15-2-3-19(24-8-15)29-5-4-14(6-22)11-29/h2-3,8-10,12-14H,4-6,11,22H2,1H3/t14-/m1/s1. The van der Waals surface area contributed by atoms with Crippen molar-refractivity contribution < 1.29 is 0 Å². The number of nitriles is 1. The molecule has 4 aromatic heterocycles. The number of aromatic nitrogens is 6. The first-order valence-electron chi connectivity index (χ1n) is 9.85. The predicted octanol–water partition coefficient (Wildman–Crippen LogP) is 1.85. The molecule has 0 aliphatic carbocycles. The van der Waals surface area contributed by atoms with Crippen molar-refractivity contribution in [1.29, 1.82) is 5.26 Å². The molecule has 1 atom stereocenters. The largest absolute Gasteiger partial charge is 0.356 e. The highest BCUT2D eigenvalue weighted by Gasteiger charge is 2.22. The molecule has 0 spiro atoms. The fourth-order valence-corrected chi connectivity index (χ4v) is 3.94. The first-order valence-corrected chi connectivity index (χ1v) is 9.85. The highest BCUT2D eigenvalue weighted by atomic mass is 15.2. The van der Waals surface area contributed by atoms with Gasteiger partial charge < -0.3 is 10.6 Å². The van der Waals surface area contributed by atoms with E-state index in [2.05, 4.69) is 26.2 Å². The number of pyridine rings is 1. The summed E-state index contributed by atoms with van der Waals surface area (Å²) < 4.78 is 3.43. The molecule has 1 aliphatic rings. The third-order valence-corrected chi connectivity index (χ3v) is 5.58. The summed E-state index contributed by atoms with van der Waals surface area (Å²) >= 11 is 0. The molecule has 0 bridgehead atoms. The molecule has 1 aliphatic heterocycles. The number of anilines is 1. The maximum atomic E-state index is 9.54. The van der Waals surface area contributed by atoms with E-state index in [4.69, 9.17) is 10.7 Å². The van der Waals surface area contributed by atoms with Crippen molar-refractivity contribution in [2.45, 2.75) is 6.42 Å². The molecule has 9 nitrogen and oxygen atoms in total. The maximum Gasteiger partial charge on any atom is 0.128 e. The van der Waals surface area contributed by atoms with Crippen molar-refractivity contribution in [3.05, 3.63) is 48.7 Å². The average Bonchev–Trinajstić information content (AvgIpc) is 3.52. The summed E-state index contributed by atoms with van der Waals surface area (Å²) in [7, 11) is 1.86. The molecule has 30 heavy (non-hydrogen) atoms. The Morgan fingerprint density at radius 2 is 2.07 bits per heavy atom. The van der Waals surface area contributed by atoms with Crippen LogP contribution in [0.2, 0.25) is 0 Å². The summed E-state index contributed by atoms with van der Waals surface area (Å²) in [6.45, 7) is 2.60. The van der Waals surface area contributed by atoms with Gasteiger partial charge in [0, 0.05) is 43.7 Å². The van der Waals surface area contributed by atoms with E-state index in [1.165, 1.54) is 0 Å². The fourth-order valence-electron chi connectivity index (χ4n) is 3.94. The van der Waals surface area contributed by atoms with Crippen molar-refractivity contribution >= 4 is 11.3 Å².